The van der Waals surface area contributed by atoms with Crippen LogP contribution in [0.4, 0.5) is 9.59 Å². The van der Waals surface area contributed by atoms with Crippen LogP contribution in [0, 0.1) is 11.8 Å². The van der Waals surface area contributed by atoms with Crippen molar-refractivity contribution in [2.75, 3.05) is 6.54 Å². The van der Waals surface area contributed by atoms with Crippen LogP contribution >= 0.6 is 0 Å². The molecule has 6 amide bonds. The van der Waals surface area contributed by atoms with Crippen molar-refractivity contribution < 1.29 is 37.1 Å². The van der Waals surface area contributed by atoms with Crippen molar-refractivity contribution >= 4 is 39.9 Å². The minimum atomic E-state index is -3.90. The number of benzene rings is 1. The predicted molar refractivity (Wildman–Crippen MR) is 192 cm³/mol. The normalized spacial score (nSPS) is 29.2. The number of hydrogen-bond donors (Lipinski definition) is 4. The average molecular weight is 741 g/mol. The van der Waals surface area contributed by atoms with Gasteiger partial charge in [0.15, 0.2) is 0 Å². The van der Waals surface area contributed by atoms with Gasteiger partial charge in [0.1, 0.15) is 23.7 Å². The monoisotopic (exact) mass is 740 g/mol. The van der Waals surface area contributed by atoms with Crippen LogP contribution in [0.25, 0.3) is 0 Å². The Balaban J connectivity index is 1.28. The lowest BCUT2D eigenvalue weighted by atomic mass is 9.94. The van der Waals surface area contributed by atoms with E-state index in [4.69, 9.17) is 4.74 Å². The van der Waals surface area contributed by atoms with Gasteiger partial charge in [-0.3, -0.25) is 24.0 Å². The molecule has 14 nitrogen and oxygen atoms in total. The molecule has 3 aliphatic heterocycles. The highest BCUT2D eigenvalue weighted by molar-refractivity contribution is 7.91. The summed E-state index contributed by atoms with van der Waals surface area (Å²) in [4.78, 5) is 72.0. The molecule has 0 unspecified atom stereocenters. The third kappa shape index (κ3) is 8.08. The number of fused-ring (bicyclic) bond motifs is 3. The van der Waals surface area contributed by atoms with E-state index in [9.17, 15) is 32.4 Å². The molecule has 0 radical (unpaired) electrons. The van der Waals surface area contributed by atoms with Crippen molar-refractivity contribution in [1.82, 2.24) is 30.5 Å². The Morgan fingerprint density at radius 2 is 1.85 bits per heavy atom. The van der Waals surface area contributed by atoms with Crippen LogP contribution < -0.4 is 20.7 Å². The molecule has 6 rings (SSSR count). The average Bonchev–Trinajstić information content (AvgIpc) is 3.95. The van der Waals surface area contributed by atoms with E-state index in [1.807, 2.05) is 39.8 Å². The highest BCUT2D eigenvalue weighted by Gasteiger charge is 2.62. The van der Waals surface area contributed by atoms with Crippen LogP contribution in [-0.4, -0.2) is 89.1 Å². The summed E-state index contributed by atoms with van der Waals surface area (Å²) >= 11 is 0. The zero-order chi connectivity index (χ0) is 37.6. The molecule has 1 aromatic carbocycles. The van der Waals surface area contributed by atoms with E-state index in [0.717, 1.165) is 30.4 Å². The standard InChI is InChI=1S/C37H52N6O8S/c1-6-25-18-37(25,33(46)41-52(49,50)27-13-14-27)39-31(44)30-17-26-20-43(30)32(45)29(16-22(2)3)38-34(47)40-36(4,5)15-8-7-10-23-11-9-12-24-19-42(21-28(23)24)35(48)51-26/h6,9,11-12,22,25-27,29-30H,1,7-8,10,13-21H2,2-5H3,(H,39,44)(H,41,46)(H2,38,40,47)/t25-,26-,29+,30+,37+/m1/s1. The number of rotatable bonds is 8. The fourth-order valence-electron chi connectivity index (χ4n) is 7.81. The van der Waals surface area contributed by atoms with Crippen molar-refractivity contribution in [2.24, 2.45) is 11.8 Å². The number of ether oxygens (including phenoxy) is 1. The summed E-state index contributed by atoms with van der Waals surface area (Å²) in [6.07, 6.45) is 4.62. The fourth-order valence-corrected chi connectivity index (χ4v) is 9.17. The number of nitrogens with one attached hydrogen (secondary N) is 4. The second kappa shape index (κ2) is 14.4. The highest BCUT2D eigenvalue weighted by Crippen LogP contribution is 2.45. The van der Waals surface area contributed by atoms with Gasteiger partial charge in [-0.1, -0.05) is 44.5 Å². The Morgan fingerprint density at radius 1 is 1.12 bits per heavy atom. The first kappa shape index (κ1) is 37.6. The topological polar surface area (TPSA) is 183 Å². The van der Waals surface area contributed by atoms with Gasteiger partial charge in [0.2, 0.25) is 21.8 Å². The number of hydrogen-bond acceptors (Lipinski definition) is 8. The van der Waals surface area contributed by atoms with Crippen LogP contribution in [0.15, 0.2) is 30.9 Å². The number of carbonyl (C=O) groups excluding carboxylic acids is 5. The van der Waals surface area contributed by atoms with Crippen molar-refractivity contribution in [3.05, 3.63) is 47.5 Å². The maximum absolute atomic E-state index is 14.4. The summed E-state index contributed by atoms with van der Waals surface area (Å²) in [5.74, 6) is -2.60. The van der Waals surface area contributed by atoms with E-state index < -0.39 is 80.3 Å². The van der Waals surface area contributed by atoms with Crippen molar-refractivity contribution in [1.29, 1.82) is 0 Å². The molecular weight excluding hydrogens is 689 g/mol. The van der Waals surface area contributed by atoms with Gasteiger partial charge in [0.25, 0.3) is 5.91 Å². The van der Waals surface area contributed by atoms with E-state index in [1.165, 1.54) is 16.5 Å². The van der Waals surface area contributed by atoms with Crippen LogP contribution in [0.2, 0.25) is 0 Å². The Morgan fingerprint density at radius 3 is 2.52 bits per heavy atom. The fraction of sp³-hybridized carbons (Fsp3) is 0.649. The molecule has 284 valence electrons. The molecule has 3 heterocycles. The summed E-state index contributed by atoms with van der Waals surface area (Å²) in [6.45, 7) is 12.1. The smallest absolute Gasteiger partial charge is 0.410 e. The van der Waals surface area contributed by atoms with E-state index in [2.05, 4.69) is 33.3 Å². The Bertz CT molecular complexity index is 1740. The number of carbonyl (C=O) groups is 5. The van der Waals surface area contributed by atoms with Crippen LogP contribution in [0.5, 0.6) is 0 Å². The van der Waals surface area contributed by atoms with Gasteiger partial charge in [0.05, 0.1) is 11.8 Å². The van der Waals surface area contributed by atoms with Crippen molar-refractivity contribution in [2.45, 2.75) is 133 Å². The highest BCUT2D eigenvalue weighted by atomic mass is 32.2. The van der Waals surface area contributed by atoms with Crippen molar-refractivity contribution in [3.63, 3.8) is 0 Å². The van der Waals surface area contributed by atoms with Gasteiger partial charge < -0.3 is 25.6 Å². The number of aryl methyl sites for hydroxylation is 1. The lowest BCUT2D eigenvalue weighted by Gasteiger charge is -2.32. The summed E-state index contributed by atoms with van der Waals surface area (Å²) in [5, 5.41) is 8.00. The van der Waals surface area contributed by atoms with Gasteiger partial charge in [0, 0.05) is 31.0 Å². The molecule has 4 bridgehead atoms. The molecule has 15 heteroatoms. The molecule has 1 aromatic rings. The second-order valence-electron chi connectivity index (χ2n) is 16.2. The molecule has 5 aliphatic rings. The minimum Gasteiger partial charge on any atom is -0.444 e. The summed E-state index contributed by atoms with van der Waals surface area (Å²) in [6, 6.07) is 3.39. The van der Waals surface area contributed by atoms with E-state index in [1.54, 1.807) is 4.90 Å². The molecule has 0 aromatic heterocycles. The van der Waals surface area contributed by atoms with Gasteiger partial charge in [-0.05, 0) is 81.4 Å². The van der Waals surface area contributed by atoms with Crippen LogP contribution in [0.1, 0.15) is 95.8 Å². The Hall–Kier alpha value is -4.14. The zero-order valence-electron chi connectivity index (χ0n) is 30.5. The maximum atomic E-state index is 14.4. The van der Waals surface area contributed by atoms with Gasteiger partial charge >= 0.3 is 12.1 Å². The number of amides is 6. The lowest BCUT2D eigenvalue weighted by Crippen LogP contribution is -2.59. The number of nitrogens with zero attached hydrogens (tertiary/aromatic N) is 2. The summed E-state index contributed by atoms with van der Waals surface area (Å²) in [5.41, 5.74) is 1.19. The van der Waals surface area contributed by atoms with Gasteiger partial charge in [-0.25, -0.2) is 18.0 Å². The quantitative estimate of drug-likeness (QED) is 0.294. The molecular formula is C37H52N6O8S. The largest absolute Gasteiger partial charge is 0.444 e. The Labute approximate surface area is 305 Å². The second-order valence-corrected chi connectivity index (χ2v) is 18.2. The summed E-state index contributed by atoms with van der Waals surface area (Å²) < 4.78 is 33.5. The first-order valence-electron chi connectivity index (χ1n) is 18.5. The third-order valence-electron chi connectivity index (χ3n) is 11.0. The number of sulfonamides is 1. The molecule has 52 heavy (non-hydrogen) atoms. The molecule has 0 spiro atoms. The van der Waals surface area contributed by atoms with E-state index in [-0.39, 0.29) is 31.7 Å². The molecule has 5 atom stereocenters. The van der Waals surface area contributed by atoms with Gasteiger partial charge in [-0.15, -0.1) is 6.58 Å². The van der Waals surface area contributed by atoms with Crippen LogP contribution in [0.3, 0.4) is 0 Å². The minimum absolute atomic E-state index is 0.00603. The molecule has 4 N–H and O–H groups in total. The predicted octanol–water partition coefficient (Wildman–Crippen LogP) is 3.00. The Kier molecular flexibility index (Phi) is 10.4. The zero-order valence-corrected chi connectivity index (χ0v) is 31.4. The molecule has 1 saturated heterocycles. The maximum Gasteiger partial charge on any atom is 0.410 e. The first-order chi connectivity index (χ1) is 24.5. The van der Waals surface area contributed by atoms with Crippen LogP contribution in [-0.2, 0) is 48.7 Å². The first-order valence-corrected chi connectivity index (χ1v) is 20.0. The SMILES string of the molecule is C=C[C@@H]1C[C@@]1(NC(=O)[C@@H]1C[C@@H]2CN1C(=O)[C@H](CC(C)C)NC(=O)NC(C)(C)CCCCc1cccc3c1CN(C3)C(=O)O2)C(=O)NS(=O)(=O)C1CC1. The summed E-state index contributed by atoms with van der Waals surface area (Å²) in [7, 11) is -3.90. The molecule has 2 saturated carbocycles. The van der Waals surface area contributed by atoms with Gasteiger partial charge in [-0.2, -0.15) is 0 Å². The number of urea groups is 1. The third-order valence-corrected chi connectivity index (χ3v) is 12.8. The van der Waals surface area contributed by atoms with E-state index in [0.29, 0.717) is 32.4 Å². The van der Waals surface area contributed by atoms with E-state index >= 15 is 0 Å². The molecule has 2 aliphatic carbocycles. The lowest BCUT2D eigenvalue weighted by molar-refractivity contribution is -0.141. The molecule has 3 fully saturated rings. The van der Waals surface area contributed by atoms with Crippen molar-refractivity contribution in [3.8, 4) is 0 Å².